The Morgan fingerprint density at radius 1 is 1.11 bits per heavy atom. The minimum atomic E-state index is -0.780. The van der Waals surface area contributed by atoms with Crippen LogP contribution in [0, 0.1) is 6.92 Å². The molecule has 1 atom stereocenters. The Morgan fingerprint density at radius 3 is 2.49 bits per heavy atom. The summed E-state index contributed by atoms with van der Waals surface area (Å²) in [5, 5.41) is 8.49. The van der Waals surface area contributed by atoms with Crippen LogP contribution in [0.3, 0.4) is 0 Å². The molecule has 0 aliphatic carbocycles. The molecule has 2 heterocycles. The fourth-order valence-corrected chi connectivity index (χ4v) is 3.92. The number of nitrogens with zero attached hydrogens (tertiary/aromatic N) is 2. The summed E-state index contributed by atoms with van der Waals surface area (Å²) in [4.78, 5) is 53.4. The predicted octanol–water partition coefficient (Wildman–Crippen LogP) is 1.65. The van der Waals surface area contributed by atoms with Crippen LogP contribution in [0.1, 0.15) is 45.5 Å². The molecule has 0 bridgehead atoms. The van der Waals surface area contributed by atoms with Crippen LogP contribution in [-0.4, -0.2) is 72.6 Å². The highest BCUT2D eigenvalue weighted by molar-refractivity contribution is 5.99. The van der Waals surface area contributed by atoms with Crippen LogP contribution in [0.5, 0.6) is 0 Å². The highest BCUT2D eigenvalue weighted by Gasteiger charge is 2.30. The minimum absolute atomic E-state index is 0.168. The molecule has 1 aliphatic heterocycles. The highest BCUT2D eigenvalue weighted by atomic mass is 16.6. The van der Waals surface area contributed by atoms with Gasteiger partial charge in [-0.15, -0.1) is 0 Å². The minimum Gasteiger partial charge on any atom is -0.444 e. The van der Waals surface area contributed by atoms with Crippen LogP contribution in [-0.2, 0) is 23.8 Å². The second-order valence-electron chi connectivity index (χ2n) is 9.58. The number of carbonyl (C=O) groups is 3. The van der Waals surface area contributed by atoms with Crippen molar-refractivity contribution in [3.63, 3.8) is 0 Å². The lowest BCUT2D eigenvalue weighted by Gasteiger charge is -2.24. The van der Waals surface area contributed by atoms with Gasteiger partial charge in [0.2, 0.25) is 11.8 Å². The van der Waals surface area contributed by atoms with Crippen LogP contribution < -0.4 is 21.5 Å². The molecule has 1 saturated heterocycles. The summed E-state index contributed by atoms with van der Waals surface area (Å²) in [7, 11) is 0. The number of carbonyl (C=O) groups excluding carboxylic acids is 3. The Bertz CT molecular complexity index is 1190. The van der Waals surface area contributed by atoms with E-state index in [0.29, 0.717) is 61.9 Å². The molecule has 2 aromatic rings. The number of rotatable bonds is 11. The number of aromatic nitrogens is 2. The summed E-state index contributed by atoms with van der Waals surface area (Å²) in [5.41, 5.74) is 0.224. The molecule has 3 rings (SSSR count). The van der Waals surface area contributed by atoms with Gasteiger partial charge in [-0.1, -0.05) is 6.07 Å². The Labute approximate surface area is 215 Å². The molecular formula is C25H35N5O7. The zero-order chi connectivity index (χ0) is 27.0. The van der Waals surface area contributed by atoms with Crippen LogP contribution in [0.25, 0.3) is 10.9 Å². The maximum atomic E-state index is 13.4. The average molecular weight is 518 g/mol. The van der Waals surface area contributed by atoms with E-state index in [1.165, 1.54) is 4.57 Å². The molecule has 0 saturated carbocycles. The number of aryl methyl sites for hydroxylation is 1. The van der Waals surface area contributed by atoms with Crippen LogP contribution >= 0.6 is 0 Å². The van der Waals surface area contributed by atoms with Crippen molar-refractivity contribution in [1.29, 1.82) is 0 Å². The van der Waals surface area contributed by atoms with Crippen molar-refractivity contribution in [2.45, 2.75) is 52.2 Å². The summed E-state index contributed by atoms with van der Waals surface area (Å²) in [5.74, 6) is -0.427. The van der Waals surface area contributed by atoms with Gasteiger partial charge >= 0.3 is 6.09 Å². The number of fused-ring (bicyclic) bond motifs is 1. The van der Waals surface area contributed by atoms with Gasteiger partial charge in [-0.05, 0) is 46.2 Å². The lowest BCUT2D eigenvalue weighted by Crippen LogP contribution is -2.45. The van der Waals surface area contributed by atoms with E-state index < -0.39 is 23.6 Å². The first-order valence-corrected chi connectivity index (χ1v) is 12.3. The van der Waals surface area contributed by atoms with Gasteiger partial charge in [0.1, 0.15) is 17.5 Å². The number of nitrogens with one attached hydrogen (secondary N) is 3. The fourth-order valence-electron chi connectivity index (χ4n) is 3.92. The van der Waals surface area contributed by atoms with Crippen molar-refractivity contribution in [3.8, 4) is 0 Å². The first-order chi connectivity index (χ1) is 17.6. The van der Waals surface area contributed by atoms with Crippen molar-refractivity contribution >= 4 is 34.5 Å². The molecule has 0 radical (unpaired) electrons. The molecule has 12 nitrogen and oxygen atoms in total. The summed E-state index contributed by atoms with van der Waals surface area (Å²) in [6, 6.07) is 4.54. The largest absolute Gasteiger partial charge is 0.444 e. The van der Waals surface area contributed by atoms with E-state index in [4.69, 9.17) is 14.2 Å². The summed E-state index contributed by atoms with van der Waals surface area (Å²) in [6.07, 6.45) is -0.0658. The normalized spacial score (nSPS) is 15.9. The third kappa shape index (κ3) is 7.99. The van der Waals surface area contributed by atoms with E-state index in [9.17, 15) is 19.2 Å². The van der Waals surface area contributed by atoms with E-state index in [2.05, 4.69) is 20.9 Å². The molecule has 0 spiro atoms. The van der Waals surface area contributed by atoms with Crippen LogP contribution in [0.2, 0.25) is 0 Å². The molecule has 37 heavy (non-hydrogen) atoms. The molecule has 1 aliphatic rings. The highest BCUT2D eigenvalue weighted by Crippen LogP contribution is 2.23. The third-order valence-corrected chi connectivity index (χ3v) is 5.48. The first-order valence-electron chi connectivity index (χ1n) is 12.3. The van der Waals surface area contributed by atoms with Gasteiger partial charge < -0.3 is 24.8 Å². The number of benzene rings is 1. The SMILES string of the molecule is Cc1nc2cccc(NCCOCCOCCNC(=O)OC(C)(C)C)c2c(=O)n1C1CCC(=O)NC1=O. The Hall–Kier alpha value is -3.51. The number of hydrogen-bond donors (Lipinski definition) is 3. The zero-order valence-corrected chi connectivity index (χ0v) is 21.7. The lowest BCUT2D eigenvalue weighted by atomic mass is 10.1. The molecule has 1 fully saturated rings. The first kappa shape index (κ1) is 28.1. The van der Waals surface area contributed by atoms with E-state index in [1.54, 1.807) is 45.9 Å². The second-order valence-corrected chi connectivity index (χ2v) is 9.58. The third-order valence-electron chi connectivity index (χ3n) is 5.48. The number of amides is 3. The molecule has 3 amide bonds. The van der Waals surface area contributed by atoms with Crippen molar-refractivity contribution < 1.29 is 28.6 Å². The molecule has 3 N–H and O–H groups in total. The predicted molar refractivity (Wildman–Crippen MR) is 137 cm³/mol. The average Bonchev–Trinajstić information content (AvgIpc) is 2.80. The topological polar surface area (TPSA) is 150 Å². The fraction of sp³-hybridized carbons (Fsp3) is 0.560. The number of imide groups is 1. The molecule has 1 unspecified atom stereocenters. The Balaban J connectivity index is 1.47. The maximum Gasteiger partial charge on any atom is 0.407 e. The summed E-state index contributed by atoms with van der Waals surface area (Å²) >= 11 is 0. The van der Waals surface area contributed by atoms with Crippen LogP contribution in [0.4, 0.5) is 10.5 Å². The van der Waals surface area contributed by atoms with Gasteiger partial charge in [-0.3, -0.25) is 24.3 Å². The molecule has 12 heteroatoms. The monoisotopic (exact) mass is 517 g/mol. The molecule has 202 valence electrons. The van der Waals surface area contributed by atoms with E-state index in [1.807, 2.05) is 0 Å². The van der Waals surface area contributed by atoms with E-state index in [0.717, 1.165) is 0 Å². The maximum absolute atomic E-state index is 13.4. The Morgan fingerprint density at radius 2 is 1.81 bits per heavy atom. The number of anilines is 1. The van der Waals surface area contributed by atoms with Gasteiger partial charge in [-0.25, -0.2) is 9.78 Å². The number of ether oxygens (including phenoxy) is 3. The molecular weight excluding hydrogens is 482 g/mol. The van der Waals surface area contributed by atoms with Crippen molar-refractivity contribution in [3.05, 3.63) is 34.4 Å². The van der Waals surface area contributed by atoms with Crippen molar-refractivity contribution in [1.82, 2.24) is 20.2 Å². The molecule has 1 aromatic heterocycles. The van der Waals surface area contributed by atoms with Gasteiger partial charge in [0.15, 0.2) is 0 Å². The van der Waals surface area contributed by atoms with Crippen LogP contribution in [0.15, 0.2) is 23.0 Å². The van der Waals surface area contributed by atoms with Gasteiger partial charge in [-0.2, -0.15) is 0 Å². The van der Waals surface area contributed by atoms with Gasteiger partial charge in [0, 0.05) is 25.2 Å². The van der Waals surface area contributed by atoms with E-state index in [-0.39, 0.29) is 24.3 Å². The number of hydrogen-bond acceptors (Lipinski definition) is 9. The second kappa shape index (κ2) is 12.6. The smallest absolute Gasteiger partial charge is 0.407 e. The number of piperidine rings is 1. The summed E-state index contributed by atoms with van der Waals surface area (Å²) in [6.45, 7) is 9.27. The number of alkyl carbamates (subject to hydrolysis) is 1. The van der Waals surface area contributed by atoms with Crippen molar-refractivity contribution in [2.75, 3.05) is 44.8 Å². The zero-order valence-electron chi connectivity index (χ0n) is 21.7. The Kier molecular flexibility index (Phi) is 9.59. The van der Waals surface area contributed by atoms with E-state index >= 15 is 0 Å². The standard InChI is InChI=1S/C25H35N5O7/c1-16-28-18-7-5-6-17(21(18)23(33)30(16)19-8-9-20(31)29-22(19)32)26-10-12-35-14-15-36-13-11-27-24(34)37-25(2,3)4/h5-7,19,26H,8-15H2,1-4H3,(H,27,34)(H,29,31,32). The molecule has 1 aromatic carbocycles. The summed E-state index contributed by atoms with van der Waals surface area (Å²) < 4.78 is 17.5. The quantitative estimate of drug-likeness (QED) is 0.299. The van der Waals surface area contributed by atoms with Gasteiger partial charge in [0.05, 0.1) is 37.3 Å². The van der Waals surface area contributed by atoms with Gasteiger partial charge in [0.25, 0.3) is 5.56 Å². The lowest BCUT2D eigenvalue weighted by molar-refractivity contribution is -0.135. The van der Waals surface area contributed by atoms with Crippen molar-refractivity contribution in [2.24, 2.45) is 0 Å².